The standard InChI is InChI=1S/C46H31NS/c1-3-12-32(13-4-1)33-24-28-37(29-25-33)47(38-30-26-36(27-31-38)40-19-9-17-34-16-7-8-18-39(34)40)43-22-11-23-44-45(43)42-21-10-20-41(46(42)48-44)35-14-5-2-6-15-35/h1-31H. The van der Waals surface area contributed by atoms with E-state index in [1.807, 2.05) is 11.3 Å². The molecule has 0 aliphatic rings. The molecule has 9 aromatic rings. The minimum atomic E-state index is 1.12. The van der Waals surface area contributed by atoms with Gasteiger partial charge in [-0.25, -0.2) is 0 Å². The SMILES string of the molecule is c1ccc(-c2ccc(N(c3ccc(-c4cccc5ccccc45)cc3)c3cccc4sc5c(-c6ccccc6)cccc5c34)cc2)cc1. The third-order valence-electron chi connectivity index (χ3n) is 9.29. The molecule has 226 valence electrons. The van der Waals surface area contributed by atoms with Gasteiger partial charge in [-0.1, -0.05) is 152 Å². The molecule has 2 heteroatoms. The van der Waals surface area contributed by atoms with E-state index in [0.29, 0.717) is 0 Å². The maximum atomic E-state index is 2.42. The minimum absolute atomic E-state index is 1.12. The van der Waals surface area contributed by atoms with Gasteiger partial charge in [0.2, 0.25) is 0 Å². The van der Waals surface area contributed by atoms with Crippen molar-refractivity contribution in [1.29, 1.82) is 0 Å². The average Bonchev–Trinajstić information content (AvgIpc) is 3.56. The number of hydrogen-bond acceptors (Lipinski definition) is 2. The Morgan fingerprint density at radius 2 is 0.875 bits per heavy atom. The van der Waals surface area contributed by atoms with Crippen LogP contribution in [0.25, 0.3) is 64.3 Å². The van der Waals surface area contributed by atoms with Crippen molar-refractivity contribution in [3.63, 3.8) is 0 Å². The first-order valence-electron chi connectivity index (χ1n) is 16.4. The van der Waals surface area contributed by atoms with Gasteiger partial charge in [0.15, 0.2) is 0 Å². The van der Waals surface area contributed by atoms with Crippen molar-refractivity contribution >= 4 is 59.3 Å². The average molecular weight is 630 g/mol. The predicted molar refractivity (Wildman–Crippen MR) is 208 cm³/mol. The van der Waals surface area contributed by atoms with E-state index < -0.39 is 0 Å². The molecule has 1 nitrogen and oxygen atoms in total. The highest BCUT2D eigenvalue weighted by molar-refractivity contribution is 7.26. The molecule has 0 spiro atoms. The van der Waals surface area contributed by atoms with Gasteiger partial charge in [-0.3, -0.25) is 0 Å². The zero-order valence-electron chi connectivity index (χ0n) is 26.3. The summed E-state index contributed by atoms with van der Waals surface area (Å²) in [6.45, 7) is 0. The van der Waals surface area contributed by atoms with Crippen LogP contribution in [0.15, 0.2) is 188 Å². The summed E-state index contributed by atoms with van der Waals surface area (Å²) in [6, 6.07) is 68.0. The lowest BCUT2D eigenvalue weighted by Crippen LogP contribution is -2.10. The predicted octanol–water partition coefficient (Wildman–Crippen LogP) is 13.7. The zero-order valence-corrected chi connectivity index (χ0v) is 27.1. The van der Waals surface area contributed by atoms with Crippen LogP contribution in [-0.2, 0) is 0 Å². The third-order valence-corrected chi connectivity index (χ3v) is 10.5. The molecule has 0 unspecified atom stereocenters. The Hall–Kier alpha value is -5.96. The highest BCUT2D eigenvalue weighted by atomic mass is 32.1. The summed E-state index contributed by atoms with van der Waals surface area (Å²) in [7, 11) is 0. The molecule has 0 amide bonds. The zero-order chi connectivity index (χ0) is 31.9. The Morgan fingerprint density at radius 1 is 0.354 bits per heavy atom. The van der Waals surface area contributed by atoms with Gasteiger partial charge in [-0.2, -0.15) is 0 Å². The minimum Gasteiger partial charge on any atom is -0.310 e. The van der Waals surface area contributed by atoms with Gasteiger partial charge in [0.1, 0.15) is 0 Å². The van der Waals surface area contributed by atoms with E-state index in [-0.39, 0.29) is 0 Å². The van der Waals surface area contributed by atoms with Gasteiger partial charge < -0.3 is 4.90 Å². The molecule has 9 rings (SSSR count). The van der Waals surface area contributed by atoms with E-state index in [0.717, 1.165) is 11.4 Å². The molecule has 1 aromatic heterocycles. The monoisotopic (exact) mass is 629 g/mol. The van der Waals surface area contributed by atoms with Crippen LogP contribution in [-0.4, -0.2) is 0 Å². The fraction of sp³-hybridized carbons (Fsp3) is 0. The van der Waals surface area contributed by atoms with Gasteiger partial charge in [0.05, 0.1) is 5.69 Å². The van der Waals surface area contributed by atoms with Crippen molar-refractivity contribution in [1.82, 2.24) is 0 Å². The maximum absolute atomic E-state index is 2.42. The maximum Gasteiger partial charge on any atom is 0.0554 e. The molecule has 8 aromatic carbocycles. The lowest BCUT2D eigenvalue weighted by molar-refractivity contribution is 1.30. The smallest absolute Gasteiger partial charge is 0.0554 e. The summed E-state index contributed by atoms with van der Waals surface area (Å²) in [6.07, 6.45) is 0. The van der Waals surface area contributed by atoms with Crippen molar-refractivity contribution < 1.29 is 0 Å². The summed E-state index contributed by atoms with van der Waals surface area (Å²) in [5.41, 5.74) is 10.8. The van der Waals surface area contributed by atoms with Crippen LogP contribution in [0.5, 0.6) is 0 Å². The molecule has 0 bridgehead atoms. The first-order chi connectivity index (χ1) is 23.8. The molecule has 0 fully saturated rings. The summed E-state index contributed by atoms with van der Waals surface area (Å²) in [5.74, 6) is 0. The number of thiophene rings is 1. The Labute approximate surface area is 284 Å². The van der Waals surface area contributed by atoms with E-state index in [2.05, 4.69) is 193 Å². The van der Waals surface area contributed by atoms with Crippen molar-refractivity contribution in [2.24, 2.45) is 0 Å². The molecule has 1 heterocycles. The highest BCUT2D eigenvalue weighted by Crippen LogP contribution is 2.47. The molecule has 0 aliphatic carbocycles. The number of anilines is 3. The van der Waals surface area contributed by atoms with Gasteiger partial charge >= 0.3 is 0 Å². The molecule has 0 N–H and O–H groups in total. The van der Waals surface area contributed by atoms with Crippen LogP contribution in [0.4, 0.5) is 17.1 Å². The summed E-state index contributed by atoms with van der Waals surface area (Å²) < 4.78 is 2.60. The first kappa shape index (κ1) is 28.3. The molecular weight excluding hydrogens is 599 g/mol. The number of hydrogen-bond donors (Lipinski definition) is 0. The van der Waals surface area contributed by atoms with Crippen LogP contribution < -0.4 is 4.90 Å². The van der Waals surface area contributed by atoms with Gasteiger partial charge in [-0.05, 0) is 80.6 Å². The summed E-state index contributed by atoms with van der Waals surface area (Å²) >= 11 is 1.88. The Balaban J connectivity index is 1.23. The molecule has 0 saturated carbocycles. The van der Waals surface area contributed by atoms with E-state index in [9.17, 15) is 0 Å². The second-order valence-corrected chi connectivity index (χ2v) is 13.2. The van der Waals surface area contributed by atoms with Crippen LogP contribution in [0.1, 0.15) is 0 Å². The van der Waals surface area contributed by atoms with Crippen molar-refractivity contribution in [3.05, 3.63) is 188 Å². The van der Waals surface area contributed by atoms with E-state index in [4.69, 9.17) is 0 Å². The van der Waals surface area contributed by atoms with Gasteiger partial charge in [0.25, 0.3) is 0 Å². The number of rotatable bonds is 6. The van der Waals surface area contributed by atoms with E-state index in [1.165, 1.54) is 70.0 Å². The highest BCUT2D eigenvalue weighted by Gasteiger charge is 2.20. The summed E-state index contributed by atoms with van der Waals surface area (Å²) in [5, 5.41) is 5.08. The van der Waals surface area contributed by atoms with Crippen molar-refractivity contribution in [3.8, 4) is 33.4 Å². The Morgan fingerprint density at radius 3 is 1.62 bits per heavy atom. The van der Waals surface area contributed by atoms with E-state index in [1.54, 1.807) is 0 Å². The molecule has 0 aliphatic heterocycles. The van der Waals surface area contributed by atoms with Gasteiger partial charge in [0, 0.05) is 31.5 Å². The molecule has 0 saturated heterocycles. The van der Waals surface area contributed by atoms with Crippen LogP contribution >= 0.6 is 11.3 Å². The first-order valence-corrected chi connectivity index (χ1v) is 17.2. The number of nitrogens with zero attached hydrogens (tertiary/aromatic N) is 1. The van der Waals surface area contributed by atoms with Crippen molar-refractivity contribution in [2.75, 3.05) is 4.90 Å². The van der Waals surface area contributed by atoms with Crippen LogP contribution in [0.2, 0.25) is 0 Å². The largest absolute Gasteiger partial charge is 0.310 e. The fourth-order valence-electron chi connectivity index (χ4n) is 6.99. The quantitative estimate of drug-likeness (QED) is 0.177. The Bertz CT molecular complexity index is 2530. The third kappa shape index (κ3) is 4.95. The van der Waals surface area contributed by atoms with E-state index >= 15 is 0 Å². The lowest BCUT2D eigenvalue weighted by atomic mass is 9.98. The summed E-state index contributed by atoms with van der Waals surface area (Å²) in [4.78, 5) is 2.42. The molecule has 48 heavy (non-hydrogen) atoms. The Kier molecular flexibility index (Phi) is 7.07. The lowest BCUT2D eigenvalue weighted by Gasteiger charge is -2.27. The number of fused-ring (bicyclic) bond motifs is 4. The molecular formula is C46H31NS. The van der Waals surface area contributed by atoms with Crippen LogP contribution in [0.3, 0.4) is 0 Å². The second kappa shape index (κ2) is 12.0. The van der Waals surface area contributed by atoms with Gasteiger partial charge in [-0.15, -0.1) is 11.3 Å². The van der Waals surface area contributed by atoms with Crippen molar-refractivity contribution in [2.45, 2.75) is 0 Å². The number of benzene rings is 8. The molecule has 0 radical (unpaired) electrons. The normalized spacial score (nSPS) is 11.3. The van der Waals surface area contributed by atoms with Crippen LogP contribution in [0, 0.1) is 0 Å². The second-order valence-electron chi connectivity index (χ2n) is 12.1. The topological polar surface area (TPSA) is 3.24 Å². The molecule has 0 atom stereocenters. The fourth-order valence-corrected chi connectivity index (χ4v) is 8.25.